The molecule has 0 fully saturated rings. The highest BCUT2D eigenvalue weighted by molar-refractivity contribution is 7.91. The lowest BCUT2D eigenvalue weighted by atomic mass is 10.2. The monoisotopic (exact) mass is 532 g/mol. The van der Waals surface area contributed by atoms with E-state index < -0.39 is 15.9 Å². The average molecular weight is 534 g/mol. The molecule has 1 aromatic heterocycles. The van der Waals surface area contributed by atoms with Crippen LogP contribution < -0.4 is 9.47 Å². The number of aromatic nitrogens is 2. The molecule has 3 rings (SSSR count). The van der Waals surface area contributed by atoms with E-state index in [0.717, 1.165) is 0 Å². The van der Waals surface area contributed by atoms with Crippen LogP contribution in [-0.2, 0) is 16.4 Å². The van der Waals surface area contributed by atoms with Crippen molar-refractivity contribution in [2.45, 2.75) is 29.4 Å². The number of hydrogen-bond donors (Lipinski definition) is 1. The molecule has 0 bridgehead atoms. The second-order valence-corrected chi connectivity index (χ2v) is 10.6. The summed E-state index contributed by atoms with van der Waals surface area (Å²) in [4.78, 5) is 3.90. The van der Waals surface area contributed by atoms with Crippen molar-refractivity contribution in [3.05, 3.63) is 65.2 Å². The second kappa shape index (κ2) is 11.4. The van der Waals surface area contributed by atoms with Gasteiger partial charge in [-0.3, -0.25) is 0 Å². The summed E-state index contributed by atoms with van der Waals surface area (Å²) >= 11 is 18.3. The maximum atomic E-state index is 13.1. The van der Waals surface area contributed by atoms with Crippen LogP contribution in [0.1, 0.15) is 6.92 Å². The predicted octanol–water partition coefficient (Wildman–Crippen LogP) is 4.72. The number of rotatable bonds is 11. The molecule has 0 unspecified atom stereocenters. The summed E-state index contributed by atoms with van der Waals surface area (Å²) in [5.41, 5.74) is 0. The van der Waals surface area contributed by atoms with E-state index in [4.69, 9.17) is 44.3 Å². The number of aliphatic hydroxyl groups excluding tert-OH is 1. The second-order valence-electron chi connectivity index (χ2n) is 7.49. The van der Waals surface area contributed by atoms with E-state index in [1.54, 1.807) is 23.3 Å². The van der Waals surface area contributed by atoms with Crippen LogP contribution in [0.5, 0.6) is 11.5 Å². The number of sulfone groups is 1. The molecule has 2 atom stereocenters. The number of ether oxygens (including phenoxy) is 2. The van der Waals surface area contributed by atoms with Crippen LogP contribution in [0.25, 0.3) is 0 Å². The molecule has 1 heterocycles. The standard InChI is InChI=1S/C22H23Cl3N2O5S/c1-15(10-23)12-32-22-20(24)8-19(9-21(22)25)33(29,30)18-4-2-17(3-5-18)31-13-16(28)11-27-7-6-26-14-27/h2-9,14-16,28H,10-13H2,1H3/t15-,16-/m1/s1. The number of benzene rings is 2. The van der Waals surface area contributed by atoms with Gasteiger partial charge in [0.15, 0.2) is 5.75 Å². The Balaban J connectivity index is 1.68. The van der Waals surface area contributed by atoms with E-state index >= 15 is 0 Å². The van der Waals surface area contributed by atoms with Gasteiger partial charge in [-0.25, -0.2) is 13.4 Å². The van der Waals surface area contributed by atoms with Crippen LogP contribution in [0.15, 0.2) is 64.9 Å². The van der Waals surface area contributed by atoms with E-state index in [-0.39, 0.29) is 38.1 Å². The fourth-order valence-corrected chi connectivity index (χ4v) is 4.96. The van der Waals surface area contributed by atoms with Gasteiger partial charge >= 0.3 is 0 Å². The summed E-state index contributed by atoms with van der Waals surface area (Å²) < 4.78 is 39.0. The zero-order valence-electron chi connectivity index (χ0n) is 17.7. The zero-order chi connectivity index (χ0) is 24.0. The highest BCUT2D eigenvalue weighted by atomic mass is 35.5. The Morgan fingerprint density at radius 3 is 2.30 bits per heavy atom. The molecule has 2 aromatic carbocycles. The number of nitrogens with zero attached hydrogens (tertiary/aromatic N) is 2. The highest BCUT2D eigenvalue weighted by Gasteiger charge is 2.22. The largest absolute Gasteiger partial charge is 0.491 e. The van der Waals surface area contributed by atoms with Crippen LogP contribution in [0, 0.1) is 5.92 Å². The first-order valence-corrected chi connectivity index (χ1v) is 12.8. The summed E-state index contributed by atoms with van der Waals surface area (Å²) in [7, 11) is -3.88. The molecule has 3 aromatic rings. The molecule has 178 valence electrons. The molecule has 33 heavy (non-hydrogen) atoms. The van der Waals surface area contributed by atoms with Crippen molar-refractivity contribution in [2.75, 3.05) is 19.1 Å². The molecule has 11 heteroatoms. The van der Waals surface area contributed by atoms with Gasteiger partial charge in [-0.05, 0) is 36.4 Å². The van der Waals surface area contributed by atoms with Gasteiger partial charge in [-0.2, -0.15) is 0 Å². The van der Waals surface area contributed by atoms with Crippen molar-refractivity contribution in [1.82, 2.24) is 9.55 Å². The molecule has 0 aliphatic rings. The maximum absolute atomic E-state index is 13.1. The van der Waals surface area contributed by atoms with Crippen molar-refractivity contribution < 1.29 is 23.0 Å². The lowest BCUT2D eigenvalue weighted by Gasteiger charge is -2.15. The van der Waals surface area contributed by atoms with E-state index in [0.29, 0.717) is 24.8 Å². The van der Waals surface area contributed by atoms with E-state index in [9.17, 15) is 13.5 Å². The Morgan fingerprint density at radius 2 is 1.73 bits per heavy atom. The lowest BCUT2D eigenvalue weighted by molar-refractivity contribution is 0.0924. The minimum atomic E-state index is -3.88. The molecule has 0 saturated carbocycles. The van der Waals surface area contributed by atoms with Crippen molar-refractivity contribution in [3.8, 4) is 11.5 Å². The third-order valence-corrected chi connectivity index (χ3v) is 7.45. The van der Waals surface area contributed by atoms with Crippen molar-refractivity contribution in [3.63, 3.8) is 0 Å². The Hall–Kier alpha value is -1.97. The minimum Gasteiger partial charge on any atom is -0.491 e. The quantitative estimate of drug-likeness (QED) is 0.359. The van der Waals surface area contributed by atoms with Gasteiger partial charge in [0.2, 0.25) is 9.84 Å². The normalized spacial score (nSPS) is 13.5. The van der Waals surface area contributed by atoms with Crippen LogP contribution in [-0.4, -0.2) is 48.3 Å². The van der Waals surface area contributed by atoms with Crippen LogP contribution in [0.2, 0.25) is 10.0 Å². The van der Waals surface area contributed by atoms with Gasteiger partial charge < -0.3 is 19.1 Å². The Labute approximate surface area is 207 Å². The molecule has 0 amide bonds. The minimum absolute atomic E-state index is 0.0410. The van der Waals surface area contributed by atoms with Crippen LogP contribution >= 0.6 is 34.8 Å². The lowest BCUT2D eigenvalue weighted by Crippen LogP contribution is -2.23. The first kappa shape index (κ1) is 25.6. The smallest absolute Gasteiger partial charge is 0.206 e. The van der Waals surface area contributed by atoms with Crippen LogP contribution in [0.3, 0.4) is 0 Å². The first-order valence-electron chi connectivity index (χ1n) is 10.00. The van der Waals surface area contributed by atoms with Gasteiger partial charge in [-0.1, -0.05) is 30.1 Å². The fourth-order valence-electron chi connectivity index (χ4n) is 2.83. The van der Waals surface area contributed by atoms with E-state index in [2.05, 4.69) is 4.98 Å². The predicted molar refractivity (Wildman–Crippen MR) is 127 cm³/mol. The highest BCUT2D eigenvalue weighted by Crippen LogP contribution is 2.37. The first-order chi connectivity index (χ1) is 15.7. The maximum Gasteiger partial charge on any atom is 0.206 e. The summed E-state index contributed by atoms with van der Waals surface area (Å²) in [6.45, 7) is 2.58. The molecule has 0 saturated heterocycles. The number of alkyl halides is 1. The topological polar surface area (TPSA) is 90.7 Å². The number of imidazole rings is 1. The Morgan fingerprint density at radius 1 is 1.06 bits per heavy atom. The molecule has 0 spiro atoms. The Bertz CT molecular complexity index is 1130. The molecule has 0 aliphatic heterocycles. The zero-order valence-corrected chi connectivity index (χ0v) is 20.8. The van der Waals surface area contributed by atoms with Crippen molar-refractivity contribution in [1.29, 1.82) is 0 Å². The van der Waals surface area contributed by atoms with Gasteiger partial charge in [0, 0.05) is 24.2 Å². The summed E-state index contributed by atoms with van der Waals surface area (Å²) in [5.74, 6) is 1.12. The molecule has 0 radical (unpaired) electrons. The SMILES string of the molecule is C[C@H](CCl)COc1c(Cl)cc(S(=O)(=O)c2ccc(OC[C@H](O)Cn3ccnc3)cc2)cc1Cl. The number of halogens is 3. The molecule has 0 aliphatic carbocycles. The summed E-state index contributed by atoms with van der Waals surface area (Å²) in [5, 5.41) is 10.2. The molecular formula is C22H23Cl3N2O5S. The number of aliphatic hydroxyl groups is 1. The third kappa shape index (κ3) is 6.77. The van der Waals surface area contributed by atoms with Crippen molar-refractivity contribution in [2.24, 2.45) is 5.92 Å². The van der Waals surface area contributed by atoms with Gasteiger partial charge in [0.1, 0.15) is 18.5 Å². The van der Waals surface area contributed by atoms with Gasteiger partial charge in [-0.15, -0.1) is 11.6 Å². The fraction of sp³-hybridized carbons (Fsp3) is 0.318. The summed E-state index contributed by atoms with van der Waals surface area (Å²) in [6.07, 6.45) is 4.21. The van der Waals surface area contributed by atoms with E-state index in [1.807, 2.05) is 6.92 Å². The molecule has 1 N–H and O–H groups in total. The average Bonchev–Trinajstić information content (AvgIpc) is 3.30. The third-order valence-electron chi connectivity index (χ3n) is 4.61. The van der Waals surface area contributed by atoms with E-state index in [1.165, 1.54) is 36.4 Å². The van der Waals surface area contributed by atoms with Crippen molar-refractivity contribution >= 4 is 44.6 Å². The van der Waals surface area contributed by atoms with Crippen LogP contribution in [0.4, 0.5) is 0 Å². The number of hydrogen-bond acceptors (Lipinski definition) is 6. The Kier molecular flexibility index (Phi) is 8.89. The summed E-state index contributed by atoms with van der Waals surface area (Å²) in [6, 6.07) is 8.49. The molecule has 7 nitrogen and oxygen atoms in total. The van der Waals surface area contributed by atoms with Gasteiger partial charge in [0.05, 0.1) is 39.3 Å². The van der Waals surface area contributed by atoms with Gasteiger partial charge in [0.25, 0.3) is 0 Å². The molecular weight excluding hydrogens is 511 g/mol.